The molecule has 1 aromatic heterocycles. The lowest BCUT2D eigenvalue weighted by Gasteiger charge is -2.11. The SMILES string of the molecule is Cc1cccc(Cl)c1NS(=O)(=O)c1cn(C)nc1N. The molecular formula is C11H13ClN4O2S. The Morgan fingerprint density at radius 2 is 2.11 bits per heavy atom. The molecule has 1 heterocycles. The lowest BCUT2D eigenvalue weighted by molar-refractivity contribution is 0.601. The highest BCUT2D eigenvalue weighted by Gasteiger charge is 2.22. The van der Waals surface area contributed by atoms with Gasteiger partial charge >= 0.3 is 0 Å². The van der Waals surface area contributed by atoms with Gasteiger partial charge < -0.3 is 5.73 Å². The minimum Gasteiger partial charge on any atom is -0.381 e. The highest BCUT2D eigenvalue weighted by molar-refractivity contribution is 7.92. The molecule has 8 heteroatoms. The number of benzene rings is 1. The van der Waals surface area contributed by atoms with Crippen LogP contribution in [0.2, 0.25) is 5.02 Å². The number of hydrogen-bond donors (Lipinski definition) is 2. The van der Waals surface area contributed by atoms with E-state index in [1.165, 1.54) is 10.9 Å². The average Bonchev–Trinajstić information content (AvgIpc) is 2.64. The van der Waals surface area contributed by atoms with Gasteiger partial charge in [-0.05, 0) is 18.6 Å². The normalized spacial score (nSPS) is 11.5. The number of nitrogens with zero attached hydrogens (tertiary/aromatic N) is 2. The van der Waals surface area contributed by atoms with Crippen LogP contribution in [0, 0.1) is 6.92 Å². The fourth-order valence-electron chi connectivity index (χ4n) is 1.64. The van der Waals surface area contributed by atoms with E-state index in [4.69, 9.17) is 17.3 Å². The van der Waals surface area contributed by atoms with Gasteiger partial charge in [0.2, 0.25) is 0 Å². The lowest BCUT2D eigenvalue weighted by Crippen LogP contribution is -2.15. The van der Waals surface area contributed by atoms with Crippen LogP contribution >= 0.6 is 11.6 Å². The summed E-state index contributed by atoms with van der Waals surface area (Å²) in [6.07, 6.45) is 1.34. The predicted molar refractivity (Wildman–Crippen MR) is 74.6 cm³/mol. The molecule has 0 amide bonds. The highest BCUT2D eigenvalue weighted by Crippen LogP contribution is 2.28. The molecule has 19 heavy (non-hydrogen) atoms. The summed E-state index contributed by atoms with van der Waals surface area (Å²) < 4.78 is 28.2. The van der Waals surface area contributed by atoms with Crippen molar-refractivity contribution in [1.82, 2.24) is 9.78 Å². The molecule has 0 atom stereocenters. The maximum atomic E-state index is 12.2. The van der Waals surface area contributed by atoms with Crippen LogP contribution in [0.4, 0.5) is 11.5 Å². The smallest absolute Gasteiger partial charge is 0.267 e. The Morgan fingerprint density at radius 3 is 2.63 bits per heavy atom. The van der Waals surface area contributed by atoms with Gasteiger partial charge in [-0.25, -0.2) is 8.42 Å². The van der Waals surface area contributed by atoms with Crippen molar-refractivity contribution in [3.63, 3.8) is 0 Å². The van der Waals surface area contributed by atoms with Crippen LogP contribution in [0.3, 0.4) is 0 Å². The standard InChI is InChI=1S/C11H13ClN4O2S/c1-7-4-3-5-8(12)10(7)15-19(17,18)9-6-16(2)14-11(9)13/h3-6,15H,1-2H3,(H2,13,14). The first-order valence-corrected chi connectivity index (χ1v) is 7.24. The summed E-state index contributed by atoms with van der Waals surface area (Å²) in [5, 5.41) is 4.13. The summed E-state index contributed by atoms with van der Waals surface area (Å²) in [5.41, 5.74) is 6.63. The first-order valence-electron chi connectivity index (χ1n) is 5.38. The molecule has 0 aliphatic heterocycles. The van der Waals surface area contributed by atoms with Gasteiger partial charge in [-0.3, -0.25) is 9.40 Å². The summed E-state index contributed by atoms with van der Waals surface area (Å²) in [6, 6.07) is 5.11. The molecule has 0 saturated heterocycles. The second-order valence-corrected chi connectivity index (χ2v) is 6.15. The summed E-state index contributed by atoms with van der Waals surface area (Å²) in [4.78, 5) is -0.0747. The van der Waals surface area contributed by atoms with Crippen LogP contribution in [0.1, 0.15) is 5.56 Å². The number of rotatable bonds is 3. The number of halogens is 1. The fourth-order valence-corrected chi connectivity index (χ4v) is 3.22. The second-order valence-electron chi connectivity index (χ2n) is 4.09. The number of para-hydroxylation sites is 1. The molecule has 0 aliphatic carbocycles. The molecule has 2 rings (SSSR count). The van der Waals surface area contributed by atoms with E-state index in [9.17, 15) is 8.42 Å². The molecular weight excluding hydrogens is 288 g/mol. The van der Waals surface area contributed by atoms with E-state index in [-0.39, 0.29) is 10.7 Å². The number of nitrogens with two attached hydrogens (primary N) is 1. The zero-order chi connectivity index (χ0) is 14.2. The molecule has 102 valence electrons. The maximum Gasteiger partial charge on any atom is 0.267 e. The number of sulfonamides is 1. The van der Waals surface area contributed by atoms with Gasteiger partial charge in [-0.1, -0.05) is 23.7 Å². The van der Waals surface area contributed by atoms with Crippen LogP contribution in [0.25, 0.3) is 0 Å². The van der Waals surface area contributed by atoms with Crippen molar-refractivity contribution in [2.24, 2.45) is 7.05 Å². The average molecular weight is 301 g/mol. The van der Waals surface area contributed by atoms with E-state index < -0.39 is 10.0 Å². The Bertz CT molecular complexity index is 704. The topological polar surface area (TPSA) is 90.0 Å². The second kappa shape index (κ2) is 4.75. The number of nitrogens with one attached hydrogen (secondary N) is 1. The molecule has 0 aliphatic rings. The number of hydrogen-bond acceptors (Lipinski definition) is 4. The van der Waals surface area contributed by atoms with E-state index in [0.717, 1.165) is 5.56 Å². The Kier molecular flexibility index (Phi) is 3.42. The monoisotopic (exact) mass is 300 g/mol. The van der Waals surface area contributed by atoms with Gasteiger partial charge in [0.15, 0.2) is 5.82 Å². The zero-order valence-electron chi connectivity index (χ0n) is 10.4. The third-order valence-corrected chi connectivity index (χ3v) is 4.25. The van der Waals surface area contributed by atoms with Gasteiger partial charge in [-0.2, -0.15) is 5.10 Å². The Hall–Kier alpha value is -1.73. The summed E-state index contributed by atoms with van der Waals surface area (Å²) in [5.74, 6) is -0.0558. The number of aryl methyl sites for hydroxylation is 2. The first kappa shape index (κ1) is 13.7. The molecule has 0 saturated carbocycles. The quantitative estimate of drug-likeness (QED) is 0.904. The first-order chi connectivity index (χ1) is 8.81. The third-order valence-electron chi connectivity index (χ3n) is 2.57. The third kappa shape index (κ3) is 2.66. The molecule has 3 N–H and O–H groups in total. The van der Waals surface area contributed by atoms with Crippen molar-refractivity contribution in [2.45, 2.75) is 11.8 Å². The van der Waals surface area contributed by atoms with Crippen molar-refractivity contribution in [3.8, 4) is 0 Å². The van der Waals surface area contributed by atoms with Crippen molar-refractivity contribution in [1.29, 1.82) is 0 Å². The van der Waals surface area contributed by atoms with Crippen molar-refractivity contribution < 1.29 is 8.42 Å². The van der Waals surface area contributed by atoms with Gasteiger partial charge in [0.25, 0.3) is 10.0 Å². The summed E-state index contributed by atoms with van der Waals surface area (Å²) in [7, 11) is -2.22. The Balaban J connectivity index is 2.45. The van der Waals surface area contributed by atoms with Crippen molar-refractivity contribution in [3.05, 3.63) is 35.0 Å². The highest BCUT2D eigenvalue weighted by atomic mass is 35.5. The summed E-state index contributed by atoms with van der Waals surface area (Å²) in [6.45, 7) is 1.76. The minimum absolute atomic E-state index is 0.0558. The Morgan fingerprint density at radius 1 is 1.42 bits per heavy atom. The van der Waals surface area contributed by atoms with Gasteiger partial charge in [0.05, 0.1) is 10.7 Å². The van der Waals surface area contributed by atoms with E-state index in [1.54, 1.807) is 32.2 Å². The van der Waals surface area contributed by atoms with Crippen LogP contribution in [-0.4, -0.2) is 18.2 Å². The van der Waals surface area contributed by atoms with E-state index >= 15 is 0 Å². The summed E-state index contributed by atoms with van der Waals surface area (Å²) >= 11 is 5.99. The Labute approximate surface area is 116 Å². The molecule has 6 nitrogen and oxygen atoms in total. The van der Waals surface area contributed by atoms with Crippen LogP contribution in [0.5, 0.6) is 0 Å². The van der Waals surface area contributed by atoms with Crippen LogP contribution < -0.4 is 10.5 Å². The molecule has 0 fully saturated rings. The van der Waals surface area contributed by atoms with Gasteiger partial charge in [-0.15, -0.1) is 0 Å². The fraction of sp³-hybridized carbons (Fsp3) is 0.182. The zero-order valence-corrected chi connectivity index (χ0v) is 12.0. The molecule has 0 unspecified atom stereocenters. The minimum atomic E-state index is -3.81. The largest absolute Gasteiger partial charge is 0.381 e. The lowest BCUT2D eigenvalue weighted by atomic mass is 10.2. The molecule has 0 spiro atoms. The molecule has 0 bridgehead atoms. The predicted octanol–water partition coefficient (Wildman–Crippen LogP) is 1.76. The van der Waals surface area contributed by atoms with Gasteiger partial charge in [0, 0.05) is 13.2 Å². The molecule has 2 aromatic rings. The number of aromatic nitrogens is 2. The van der Waals surface area contributed by atoms with Gasteiger partial charge in [0.1, 0.15) is 4.90 Å². The van der Waals surface area contributed by atoms with E-state index in [2.05, 4.69) is 9.82 Å². The van der Waals surface area contributed by atoms with Crippen molar-refractivity contribution >= 4 is 33.1 Å². The maximum absolute atomic E-state index is 12.2. The molecule has 1 aromatic carbocycles. The van der Waals surface area contributed by atoms with Crippen LogP contribution in [-0.2, 0) is 17.1 Å². The number of anilines is 2. The van der Waals surface area contributed by atoms with E-state index in [0.29, 0.717) is 10.7 Å². The van der Waals surface area contributed by atoms with Crippen molar-refractivity contribution in [2.75, 3.05) is 10.5 Å². The van der Waals surface area contributed by atoms with Crippen LogP contribution in [0.15, 0.2) is 29.3 Å². The van der Waals surface area contributed by atoms with E-state index in [1.807, 2.05) is 0 Å². The number of nitrogen functional groups attached to an aromatic ring is 1. The molecule has 0 radical (unpaired) electrons.